The van der Waals surface area contributed by atoms with Gasteiger partial charge in [-0.2, -0.15) is 13.2 Å². The van der Waals surface area contributed by atoms with Gasteiger partial charge in [0.25, 0.3) is 0 Å². The molecule has 2 rings (SSSR count). The molecule has 1 aliphatic rings. The molecular weight excluding hydrogens is 335 g/mol. The minimum Gasteiger partial charge on any atom is -0.367 e. The SMILES string of the molecule is NC(=O)[C@H]1CN(C(=O)Nc2ccc(SC(F)(F)F)cc2)CCO1. The Bertz CT molecular complexity index is 580. The summed E-state index contributed by atoms with van der Waals surface area (Å²) in [7, 11) is 0. The fraction of sp³-hybridized carbons (Fsp3) is 0.385. The molecule has 0 unspecified atom stereocenters. The largest absolute Gasteiger partial charge is 0.446 e. The first-order valence-electron chi connectivity index (χ1n) is 6.57. The average molecular weight is 349 g/mol. The van der Waals surface area contributed by atoms with E-state index in [1.54, 1.807) is 0 Å². The van der Waals surface area contributed by atoms with Crippen molar-refractivity contribution >= 4 is 29.4 Å². The van der Waals surface area contributed by atoms with Crippen LogP contribution in [-0.2, 0) is 9.53 Å². The van der Waals surface area contributed by atoms with Gasteiger partial charge in [-0.25, -0.2) is 4.79 Å². The number of anilines is 1. The topological polar surface area (TPSA) is 84.7 Å². The van der Waals surface area contributed by atoms with Gasteiger partial charge in [0.2, 0.25) is 5.91 Å². The summed E-state index contributed by atoms with van der Waals surface area (Å²) in [5.74, 6) is -0.656. The summed E-state index contributed by atoms with van der Waals surface area (Å²) >= 11 is -0.231. The number of morpholine rings is 1. The van der Waals surface area contributed by atoms with E-state index >= 15 is 0 Å². The number of rotatable bonds is 3. The number of carbonyl (C=O) groups is 2. The lowest BCUT2D eigenvalue weighted by Crippen LogP contribution is -2.51. The summed E-state index contributed by atoms with van der Waals surface area (Å²) in [6.45, 7) is 0.503. The Kier molecular flexibility index (Phi) is 5.37. The number of alkyl halides is 3. The first kappa shape index (κ1) is 17.4. The predicted octanol–water partition coefficient (Wildman–Crippen LogP) is 2.02. The second kappa shape index (κ2) is 7.09. The van der Waals surface area contributed by atoms with Crippen LogP contribution in [0.5, 0.6) is 0 Å². The Balaban J connectivity index is 1.93. The number of amides is 3. The molecule has 0 bridgehead atoms. The van der Waals surface area contributed by atoms with E-state index in [0.717, 1.165) is 0 Å². The van der Waals surface area contributed by atoms with Crippen LogP contribution in [0.25, 0.3) is 0 Å². The summed E-state index contributed by atoms with van der Waals surface area (Å²) in [4.78, 5) is 24.5. The van der Waals surface area contributed by atoms with Gasteiger partial charge in [-0.1, -0.05) is 0 Å². The van der Waals surface area contributed by atoms with Gasteiger partial charge in [0.05, 0.1) is 13.2 Å². The van der Waals surface area contributed by atoms with Crippen molar-refractivity contribution in [1.82, 2.24) is 4.90 Å². The van der Waals surface area contributed by atoms with Crippen LogP contribution in [0.15, 0.2) is 29.2 Å². The van der Waals surface area contributed by atoms with Crippen LogP contribution in [0.3, 0.4) is 0 Å². The zero-order valence-electron chi connectivity index (χ0n) is 11.8. The van der Waals surface area contributed by atoms with Crippen molar-refractivity contribution < 1.29 is 27.5 Å². The third-order valence-corrected chi connectivity index (χ3v) is 3.75. The molecular formula is C13H14F3N3O3S. The smallest absolute Gasteiger partial charge is 0.367 e. The van der Waals surface area contributed by atoms with E-state index < -0.39 is 23.6 Å². The minimum absolute atomic E-state index is 0.0238. The van der Waals surface area contributed by atoms with E-state index in [4.69, 9.17) is 10.5 Å². The van der Waals surface area contributed by atoms with Crippen LogP contribution in [0, 0.1) is 0 Å². The molecule has 23 heavy (non-hydrogen) atoms. The van der Waals surface area contributed by atoms with E-state index in [0.29, 0.717) is 5.69 Å². The molecule has 1 aliphatic heterocycles. The first-order valence-corrected chi connectivity index (χ1v) is 7.39. The molecule has 0 spiro atoms. The van der Waals surface area contributed by atoms with Gasteiger partial charge in [-0.3, -0.25) is 4.79 Å². The first-order chi connectivity index (χ1) is 10.7. The predicted molar refractivity (Wildman–Crippen MR) is 77.9 cm³/mol. The highest BCUT2D eigenvalue weighted by atomic mass is 32.2. The average Bonchev–Trinajstić information content (AvgIpc) is 2.48. The van der Waals surface area contributed by atoms with Crippen LogP contribution in [0.1, 0.15) is 0 Å². The molecule has 6 nitrogen and oxygen atoms in total. The van der Waals surface area contributed by atoms with Gasteiger partial charge >= 0.3 is 11.5 Å². The van der Waals surface area contributed by atoms with Crippen LogP contribution >= 0.6 is 11.8 Å². The second-order valence-corrected chi connectivity index (χ2v) is 5.85. The Labute approximate surface area is 134 Å². The Morgan fingerprint density at radius 3 is 2.52 bits per heavy atom. The molecule has 1 heterocycles. The molecule has 1 atom stereocenters. The number of nitrogens with one attached hydrogen (secondary N) is 1. The van der Waals surface area contributed by atoms with Crippen molar-refractivity contribution in [2.45, 2.75) is 16.5 Å². The summed E-state index contributed by atoms with van der Waals surface area (Å²) < 4.78 is 41.8. The van der Waals surface area contributed by atoms with Crippen molar-refractivity contribution in [2.24, 2.45) is 5.73 Å². The lowest BCUT2D eigenvalue weighted by molar-refractivity contribution is -0.133. The zero-order chi connectivity index (χ0) is 17.0. The number of benzene rings is 1. The Hall–Kier alpha value is -1.94. The molecule has 0 aliphatic carbocycles. The van der Waals surface area contributed by atoms with E-state index in [-0.39, 0.29) is 36.4 Å². The number of urea groups is 1. The van der Waals surface area contributed by atoms with E-state index in [1.807, 2.05) is 0 Å². The Morgan fingerprint density at radius 2 is 1.96 bits per heavy atom. The monoisotopic (exact) mass is 349 g/mol. The standard InChI is InChI=1S/C13H14F3N3O3S/c14-13(15,16)23-9-3-1-8(2-4-9)18-12(21)19-5-6-22-10(7-19)11(17)20/h1-4,10H,5-7H2,(H2,17,20)(H,18,21)/t10-/m1/s1. The molecule has 0 saturated carbocycles. The molecule has 1 fully saturated rings. The lowest BCUT2D eigenvalue weighted by Gasteiger charge is -2.31. The Morgan fingerprint density at radius 1 is 1.30 bits per heavy atom. The fourth-order valence-corrected chi connectivity index (χ4v) is 2.49. The van der Waals surface area contributed by atoms with E-state index in [2.05, 4.69) is 5.32 Å². The number of hydrogen-bond acceptors (Lipinski definition) is 4. The van der Waals surface area contributed by atoms with Crippen molar-refractivity contribution in [3.63, 3.8) is 0 Å². The van der Waals surface area contributed by atoms with E-state index in [9.17, 15) is 22.8 Å². The number of thioether (sulfide) groups is 1. The number of carbonyl (C=O) groups excluding carboxylic acids is 2. The quantitative estimate of drug-likeness (QED) is 0.818. The maximum Gasteiger partial charge on any atom is 0.446 e. The van der Waals surface area contributed by atoms with E-state index in [1.165, 1.54) is 29.2 Å². The zero-order valence-corrected chi connectivity index (χ0v) is 12.6. The maximum absolute atomic E-state index is 12.2. The highest BCUT2D eigenvalue weighted by molar-refractivity contribution is 8.00. The van der Waals surface area contributed by atoms with Crippen molar-refractivity contribution in [3.8, 4) is 0 Å². The number of primary amides is 1. The molecule has 3 N–H and O–H groups in total. The molecule has 0 radical (unpaired) electrons. The normalized spacial score (nSPS) is 18.6. The maximum atomic E-state index is 12.2. The number of hydrogen-bond donors (Lipinski definition) is 2. The van der Waals surface area contributed by atoms with Gasteiger partial charge in [0.1, 0.15) is 0 Å². The van der Waals surface area contributed by atoms with Crippen molar-refractivity contribution in [1.29, 1.82) is 0 Å². The number of halogens is 3. The summed E-state index contributed by atoms with van der Waals surface area (Å²) in [6, 6.07) is 4.80. The third kappa shape index (κ3) is 5.32. The van der Waals surface area contributed by atoms with Crippen molar-refractivity contribution in [2.75, 3.05) is 25.0 Å². The molecule has 10 heteroatoms. The highest BCUT2D eigenvalue weighted by Gasteiger charge is 2.29. The minimum atomic E-state index is -4.36. The molecule has 1 aromatic carbocycles. The molecule has 126 valence electrons. The molecule has 3 amide bonds. The number of ether oxygens (including phenoxy) is 1. The van der Waals surface area contributed by atoms with Gasteiger partial charge in [-0.05, 0) is 36.0 Å². The summed E-state index contributed by atoms with van der Waals surface area (Å²) in [5.41, 5.74) is 1.12. The van der Waals surface area contributed by atoms with Crippen LogP contribution in [-0.4, -0.2) is 48.1 Å². The van der Waals surface area contributed by atoms with Crippen LogP contribution in [0.4, 0.5) is 23.7 Å². The second-order valence-electron chi connectivity index (χ2n) is 4.71. The number of nitrogens with zero attached hydrogens (tertiary/aromatic N) is 1. The van der Waals surface area contributed by atoms with Gasteiger partial charge < -0.3 is 20.7 Å². The molecule has 0 aromatic heterocycles. The van der Waals surface area contributed by atoms with Gasteiger partial charge in [-0.15, -0.1) is 0 Å². The van der Waals surface area contributed by atoms with Crippen molar-refractivity contribution in [3.05, 3.63) is 24.3 Å². The molecule has 1 saturated heterocycles. The number of nitrogens with two attached hydrogens (primary N) is 1. The summed E-state index contributed by atoms with van der Waals surface area (Å²) in [6.07, 6.45) is -0.861. The van der Waals surface area contributed by atoms with Gasteiger partial charge in [0, 0.05) is 17.1 Å². The summed E-state index contributed by atoms with van der Waals surface area (Å²) in [5, 5.41) is 2.55. The van der Waals surface area contributed by atoms with Gasteiger partial charge in [0.15, 0.2) is 6.10 Å². The third-order valence-electron chi connectivity index (χ3n) is 3.01. The highest BCUT2D eigenvalue weighted by Crippen LogP contribution is 2.37. The van der Waals surface area contributed by atoms with Crippen LogP contribution < -0.4 is 11.1 Å². The van der Waals surface area contributed by atoms with Crippen LogP contribution in [0.2, 0.25) is 0 Å². The molecule has 1 aromatic rings. The fourth-order valence-electron chi connectivity index (χ4n) is 1.95. The lowest BCUT2D eigenvalue weighted by atomic mass is 10.2.